The largest absolute Gasteiger partial charge is 0.394 e. The van der Waals surface area contributed by atoms with Gasteiger partial charge in [0.25, 0.3) is 0 Å². The van der Waals surface area contributed by atoms with Crippen molar-refractivity contribution in [1.82, 2.24) is 0 Å². The second-order valence-corrected chi connectivity index (χ2v) is 3.53. The number of hydrogen-bond acceptors (Lipinski definition) is 4. The van der Waals surface area contributed by atoms with E-state index in [4.69, 9.17) is 20.1 Å². The molecule has 0 bridgehead atoms. The summed E-state index contributed by atoms with van der Waals surface area (Å²) in [6.07, 6.45) is 2.42. The molecule has 0 amide bonds. The van der Waals surface area contributed by atoms with Crippen molar-refractivity contribution in [2.45, 2.75) is 52.4 Å². The molecule has 0 rings (SSSR count). The molecule has 0 unspecified atom stereocenters. The molecule has 0 heterocycles. The summed E-state index contributed by atoms with van der Waals surface area (Å²) in [5, 5.41) is 24.5. The molecule has 0 aliphatic heterocycles. The van der Waals surface area contributed by atoms with Gasteiger partial charge in [-0.05, 0) is 26.7 Å². The van der Waals surface area contributed by atoms with Crippen LogP contribution in [0.3, 0.4) is 0 Å². The van der Waals surface area contributed by atoms with E-state index in [0.717, 1.165) is 12.8 Å². The molecule has 0 saturated heterocycles. The van der Waals surface area contributed by atoms with Crippen LogP contribution in [0.5, 0.6) is 0 Å². The number of hydrogen-bond donors (Lipinski definition) is 3. The van der Waals surface area contributed by atoms with E-state index in [9.17, 15) is 0 Å². The van der Waals surface area contributed by atoms with E-state index >= 15 is 0 Å². The Labute approximate surface area is 86.5 Å². The topological polar surface area (TPSA) is 69.9 Å². The van der Waals surface area contributed by atoms with Gasteiger partial charge in [-0.2, -0.15) is 0 Å². The first kappa shape index (κ1) is 16.3. The molecule has 0 aromatic heterocycles. The van der Waals surface area contributed by atoms with E-state index in [1.165, 1.54) is 13.8 Å². The maximum Gasteiger partial charge on any atom is 0.156 e. The Hall–Kier alpha value is -0.160. The molecule has 4 nitrogen and oxygen atoms in total. The van der Waals surface area contributed by atoms with Gasteiger partial charge in [-0.25, -0.2) is 0 Å². The molecule has 0 atom stereocenters. The molecule has 0 radical (unpaired) electrons. The fourth-order valence-electron chi connectivity index (χ4n) is 0.744. The van der Waals surface area contributed by atoms with Crippen LogP contribution in [-0.2, 0) is 4.74 Å². The highest BCUT2D eigenvalue weighted by atomic mass is 16.5. The standard InChI is InChI=1S/C7H16O2.C3H8O2/c1-3-7(4-2)9-6-5-8;1-3(2,4)5/h7-8H,3-6H2,1-2H3;4-5H,1-2H3. The molecular weight excluding hydrogens is 184 g/mol. The molecule has 4 heteroatoms. The zero-order valence-corrected chi connectivity index (χ0v) is 9.66. The predicted molar refractivity (Wildman–Crippen MR) is 55.9 cm³/mol. The molecule has 88 valence electrons. The summed E-state index contributed by atoms with van der Waals surface area (Å²) in [7, 11) is 0. The van der Waals surface area contributed by atoms with Crippen molar-refractivity contribution in [3.8, 4) is 0 Å². The van der Waals surface area contributed by atoms with E-state index in [1.807, 2.05) is 0 Å². The zero-order chi connectivity index (χ0) is 11.6. The highest BCUT2D eigenvalue weighted by Crippen LogP contribution is 2.00. The zero-order valence-electron chi connectivity index (χ0n) is 9.66. The van der Waals surface area contributed by atoms with Crippen LogP contribution in [0.15, 0.2) is 0 Å². The van der Waals surface area contributed by atoms with Gasteiger partial charge in [0.2, 0.25) is 0 Å². The lowest BCUT2D eigenvalue weighted by molar-refractivity contribution is -0.127. The summed E-state index contributed by atoms with van der Waals surface area (Å²) < 4.78 is 5.24. The van der Waals surface area contributed by atoms with E-state index in [0.29, 0.717) is 12.7 Å². The summed E-state index contributed by atoms with van der Waals surface area (Å²) in [4.78, 5) is 0. The van der Waals surface area contributed by atoms with Crippen LogP contribution in [0, 0.1) is 0 Å². The van der Waals surface area contributed by atoms with Gasteiger partial charge in [-0.15, -0.1) is 0 Å². The van der Waals surface area contributed by atoms with Gasteiger partial charge < -0.3 is 20.1 Å². The first-order chi connectivity index (χ1) is 6.35. The maximum absolute atomic E-state index is 8.38. The van der Waals surface area contributed by atoms with E-state index in [-0.39, 0.29) is 6.61 Å². The average Bonchev–Trinajstić information content (AvgIpc) is 2.04. The number of ether oxygens (including phenoxy) is 1. The van der Waals surface area contributed by atoms with Crippen molar-refractivity contribution in [2.24, 2.45) is 0 Å². The smallest absolute Gasteiger partial charge is 0.156 e. The summed E-state index contributed by atoms with van der Waals surface area (Å²) in [6.45, 7) is 7.39. The van der Waals surface area contributed by atoms with Crippen LogP contribution in [-0.4, -0.2) is 40.4 Å². The molecular formula is C10H24O4. The summed E-state index contributed by atoms with van der Waals surface area (Å²) in [5.74, 6) is -1.50. The Balaban J connectivity index is 0. The molecule has 0 aliphatic rings. The van der Waals surface area contributed by atoms with Gasteiger partial charge in [-0.3, -0.25) is 0 Å². The molecule has 3 N–H and O–H groups in total. The normalized spacial score (nSPS) is 11.1. The Bertz CT molecular complexity index is 99.2. The van der Waals surface area contributed by atoms with Crippen molar-refractivity contribution >= 4 is 0 Å². The van der Waals surface area contributed by atoms with Gasteiger partial charge in [0.05, 0.1) is 19.3 Å². The third kappa shape index (κ3) is 22.6. The third-order valence-electron chi connectivity index (χ3n) is 1.36. The highest BCUT2D eigenvalue weighted by molar-refractivity contribution is 4.49. The van der Waals surface area contributed by atoms with Crippen LogP contribution in [0.25, 0.3) is 0 Å². The number of aliphatic hydroxyl groups excluding tert-OH is 1. The second-order valence-electron chi connectivity index (χ2n) is 3.53. The van der Waals surface area contributed by atoms with Crippen molar-refractivity contribution in [1.29, 1.82) is 0 Å². The minimum Gasteiger partial charge on any atom is -0.394 e. The molecule has 0 spiro atoms. The average molecular weight is 208 g/mol. The van der Waals surface area contributed by atoms with Crippen molar-refractivity contribution in [3.63, 3.8) is 0 Å². The fraction of sp³-hybridized carbons (Fsp3) is 1.00. The third-order valence-corrected chi connectivity index (χ3v) is 1.36. The molecule has 0 aromatic carbocycles. The van der Waals surface area contributed by atoms with Crippen LogP contribution in [0.1, 0.15) is 40.5 Å². The summed E-state index contributed by atoms with van der Waals surface area (Å²) in [5.41, 5.74) is 0. The minimum absolute atomic E-state index is 0.135. The minimum atomic E-state index is -1.50. The predicted octanol–water partition coefficient (Wildman–Crippen LogP) is 0.891. The quantitative estimate of drug-likeness (QED) is 0.587. The Morgan fingerprint density at radius 3 is 1.71 bits per heavy atom. The number of rotatable bonds is 5. The fourth-order valence-corrected chi connectivity index (χ4v) is 0.744. The van der Waals surface area contributed by atoms with E-state index < -0.39 is 5.79 Å². The van der Waals surface area contributed by atoms with Crippen molar-refractivity contribution < 1.29 is 20.1 Å². The monoisotopic (exact) mass is 208 g/mol. The summed E-state index contributed by atoms with van der Waals surface area (Å²) in [6, 6.07) is 0. The van der Waals surface area contributed by atoms with Gasteiger partial charge >= 0.3 is 0 Å². The number of aliphatic hydroxyl groups is 3. The SMILES string of the molecule is CC(C)(O)O.CCC(CC)OCCO. The highest BCUT2D eigenvalue weighted by Gasteiger charge is 2.00. The van der Waals surface area contributed by atoms with Crippen molar-refractivity contribution in [3.05, 3.63) is 0 Å². The van der Waals surface area contributed by atoms with Gasteiger partial charge in [0, 0.05) is 0 Å². The molecule has 0 aromatic rings. The molecule has 14 heavy (non-hydrogen) atoms. The Kier molecular flexibility index (Phi) is 10.9. The lowest BCUT2D eigenvalue weighted by Gasteiger charge is -2.11. The summed E-state index contributed by atoms with van der Waals surface area (Å²) >= 11 is 0. The maximum atomic E-state index is 8.38. The molecule has 0 aliphatic carbocycles. The molecule has 0 saturated carbocycles. The Morgan fingerprint density at radius 2 is 1.50 bits per heavy atom. The van der Waals surface area contributed by atoms with Crippen LogP contribution < -0.4 is 0 Å². The van der Waals surface area contributed by atoms with Gasteiger partial charge in [-0.1, -0.05) is 13.8 Å². The second kappa shape index (κ2) is 9.40. The van der Waals surface area contributed by atoms with Crippen molar-refractivity contribution in [2.75, 3.05) is 13.2 Å². The van der Waals surface area contributed by atoms with E-state index in [1.54, 1.807) is 0 Å². The lowest BCUT2D eigenvalue weighted by atomic mass is 10.2. The van der Waals surface area contributed by atoms with Crippen LogP contribution in [0.2, 0.25) is 0 Å². The van der Waals surface area contributed by atoms with Gasteiger partial charge in [0.1, 0.15) is 0 Å². The Morgan fingerprint density at radius 1 is 1.14 bits per heavy atom. The lowest BCUT2D eigenvalue weighted by Crippen LogP contribution is -2.15. The van der Waals surface area contributed by atoms with E-state index in [2.05, 4.69) is 13.8 Å². The van der Waals surface area contributed by atoms with Crippen LogP contribution >= 0.6 is 0 Å². The molecule has 0 fully saturated rings. The van der Waals surface area contributed by atoms with Crippen LogP contribution in [0.4, 0.5) is 0 Å². The first-order valence-electron chi connectivity index (χ1n) is 5.02. The van der Waals surface area contributed by atoms with Gasteiger partial charge in [0.15, 0.2) is 5.79 Å². The first-order valence-corrected chi connectivity index (χ1v) is 5.02.